The second kappa shape index (κ2) is 6.18. The second-order valence-electron chi connectivity index (χ2n) is 5.70. The summed E-state index contributed by atoms with van der Waals surface area (Å²) in [6.07, 6.45) is -1.03. The van der Waals surface area contributed by atoms with Crippen molar-refractivity contribution in [2.24, 2.45) is 7.05 Å². The quantitative estimate of drug-likeness (QED) is 0.843. The van der Waals surface area contributed by atoms with Gasteiger partial charge in [-0.15, -0.1) is 13.2 Å². The molecule has 0 atom stereocenters. The average molecular weight is 339 g/mol. The first kappa shape index (κ1) is 16.4. The van der Waals surface area contributed by atoms with Crippen molar-refractivity contribution >= 4 is 12.2 Å². The molecule has 1 aliphatic carbocycles. The number of aryl methyl sites for hydroxylation is 1. The molecule has 0 saturated heterocycles. The van der Waals surface area contributed by atoms with Crippen LogP contribution in [0.5, 0.6) is 5.75 Å². The number of rotatable bonds is 5. The van der Waals surface area contributed by atoms with Crippen molar-refractivity contribution in [3.63, 3.8) is 0 Å². The molecule has 24 heavy (non-hydrogen) atoms. The van der Waals surface area contributed by atoms with E-state index in [1.165, 1.54) is 12.1 Å². The topological polar surface area (TPSA) is 56.2 Å². The molecule has 1 N–H and O–H groups in total. The van der Waals surface area contributed by atoms with Crippen molar-refractivity contribution in [1.82, 2.24) is 9.78 Å². The number of aromatic nitrogens is 2. The zero-order valence-electron chi connectivity index (χ0n) is 12.9. The van der Waals surface area contributed by atoms with Crippen LogP contribution in [0.1, 0.15) is 30.7 Å². The highest BCUT2D eigenvalue weighted by Crippen LogP contribution is 2.44. The molecule has 0 spiro atoms. The smallest absolute Gasteiger partial charge is 0.406 e. The summed E-state index contributed by atoms with van der Waals surface area (Å²) in [7, 11) is 1.74. The summed E-state index contributed by atoms with van der Waals surface area (Å²) < 4.78 is 42.3. The first-order valence-corrected chi connectivity index (χ1v) is 7.52. The zero-order valence-corrected chi connectivity index (χ0v) is 12.9. The number of ether oxygens (including phenoxy) is 1. The van der Waals surface area contributed by atoms with Gasteiger partial charge in [-0.05, 0) is 43.0 Å². The number of nitrogens with one attached hydrogen (secondary N) is 1. The van der Waals surface area contributed by atoms with E-state index in [-0.39, 0.29) is 5.75 Å². The molecule has 0 radical (unpaired) electrons. The van der Waals surface area contributed by atoms with Crippen molar-refractivity contribution in [3.8, 4) is 17.0 Å². The number of alkyl halides is 3. The van der Waals surface area contributed by atoms with Crippen LogP contribution in [-0.4, -0.2) is 22.6 Å². The Morgan fingerprint density at radius 1 is 1.29 bits per heavy atom. The molecule has 0 unspecified atom stereocenters. The fourth-order valence-electron chi connectivity index (χ4n) is 2.94. The SMILES string of the molecule is Cn1nc(NC=O)c(C2CCC2)c1-c1ccc(OC(F)(F)F)cc1. The van der Waals surface area contributed by atoms with E-state index < -0.39 is 6.36 Å². The molecule has 1 aliphatic rings. The number of halogens is 3. The number of anilines is 1. The lowest BCUT2D eigenvalue weighted by molar-refractivity contribution is -0.274. The van der Waals surface area contributed by atoms with Crippen molar-refractivity contribution in [2.75, 3.05) is 5.32 Å². The van der Waals surface area contributed by atoms with Crippen LogP contribution in [0.25, 0.3) is 11.3 Å². The maximum atomic E-state index is 12.3. The van der Waals surface area contributed by atoms with Gasteiger partial charge in [0.1, 0.15) is 5.75 Å². The molecule has 0 aliphatic heterocycles. The number of benzene rings is 1. The van der Waals surface area contributed by atoms with E-state index in [1.54, 1.807) is 23.9 Å². The van der Waals surface area contributed by atoms with Gasteiger partial charge in [-0.25, -0.2) is 0 Å². The summed E-state index contributed by atoms with van der Waals surface area (Å²) in [5, 5.41) is 6.94. The van der Waals surface area contributed by atoms with Crippen LogP contribution >= 0.6 is 0 Å². The number of hydrogen-bond acceptors (Lipinski definition) is 3. The van der Waals surface area contributed by atoms with E-state index in [1.807, 2.05) is 0 Å². The van der Waals surface area contributed by atoms with Crippen molar-refractivity contribution < 1.29 is 22.7 Å². The highest BCUT2D eigenvalue weighted by Gasteiger charge is 2.32. The molecular formula is C16H16F3N3O2. The molecule has 1 amide bonds. The van der Waals surface area contributed by atoms with Gasteiger partial charge in [0.05, 0.1) is 5.69 Å². The molecule has 5 nitrogen and oxygen atoms in total. The number of hydrogen-bond donors (Lipinski definition) is 1. The maximum Gasteiger partial charge on any atom is 0.573 e. The van der Waals surface area contributed by atoms with Gasteiger partial charge >= 0.3 is 6.36 Å². The van der Waals surface area contributed by atoms with Gasteiger partial charge in [-0.2, -0.15) is 5.10 Å². The third-order valence-electron chi connectivity index (χ3n) is 4.15. The van der Waals surface area contributed by atoms with Crippen LogP contribution in [0.4, 0.5) is 19.0 Å². The lowest BCUT2D eigenvalue weighted by Gasteiger charge is -2.26. The van der Waals surface area contributed by atoms with E-state index in [0.717, 1.165) is 36.1 Å². The molecule has 1 saturated carbocycles. The maximum absolute atomic E-state index is 12.3. The van der Waals surface area contributed by atoms with Gasteiger partial charge in [0, 0.05) is 18.2 Å². The minimum absolute atomic E-state index is 0.273. The van der Waals surface area contributed by atoms with Gasteiger partial charge in [0.2, 0.25) is 6.41 Å². The van der Waals surface area contributed by atoms with Crippen LogP contribution in [-0.2, 0) is 11.8 Å². The van der Waals surface area contributed by atoms with Crippen LogP contribution in [0.2, 0.25) is 0 Å². The monoisotopic (exact) mass is 339 g/mol. The van der Waals surface area contributed by atoms with Crippen LogP contribution in [0.3, 0.4) is 0 Å². The number of nitrogens with zero attached hydrogens (tertiary/aromatic N) is 2. The minimum Gasteiger partial charge on any atom is -0.406 e. The Hall–Kier alpha value is -2.51. The van der Waals surface area contributed by atoms with E-state index in [2.05, 4.69) is 15.2 Å². The Labute approximate surface area is 136 Å². The Morgan fingerprint density at radius 3 is 2.46 bits per heavy atom. The molecule has 1 fully saturated rings. The van der Waals surface area contributed by atoms with Gasteiger partial charge in [0.15, 0.2) is 5.82 Å². The summed E-state index contributed by atoms with van der Waals surface area (Å²) in [6, 6.07) is 5.66. The van der Waals surface area contributed by atoms with Crippen molar-refractivity contribution in [3.05, 3.63) is 29.8 Å². The third-order valence-corrected chi connectivity index (χ3v) is 4.15. The molecule has 0 bridgehead atoms. The van der Waals surface area contributed by atoms with Crippen LogP contribution in [0, 0.1) is 0 Å². The Morgan fingerprint density at radius 2 is 1.96 bits per heavy atom. The highest BCUT2D eigenvalue weighted by molar-refractivity contribution is 5.78. The average Bonchev–Trinajstić information content (AvgIpc) is 2.74. The Balaban J connectivity index is 1.97. The summed E-state index contributed by atoms with van der Waals surface area (Å²) >= 11 is 0. The minimum atomic E-state index is -4.72. The molecule has 2 aromatic rings. The normalized spacial score (nSPS) is 15.0. The lowest BCUT2D eigenvalue weighted by atomic mass is 9.79. The lowest BCUT2D eigenvalue weighted by Crippen LogP contribution is -2.17. The summed E-state index contributed by atoms with van der Waals surface area (Å²) in [5.41, 5.74) is 2.45. The summed E-state index contributed by atoms with van der Waals surface area (Å²) in [4.78, 5) is 10.8. The molecule has 1 heterocycles. The third kappa shape index (κ3) is 3.22. The fraction of sp³-hybridized carbons (Fsp3) is 0.375. The van der Waals surface area contributed by atoms with Crippen LogP contribution in [0.15, 0.2) is 24.3 Å². The predicted molar refractivity (Wildman–Crippen MR) is 81.6 cm³/mol. The first-order chi connectivity index (χ1) is 11.4. The Bertz CT molecular complexity index is 734. The molecule has 1 aromatic heterocycles. The second-order valence-corrected chi connectivity index (χ2v) is 5.70. The molecular weight excluding hydrogens is 323 g/mol. The number of amides is 1. The van der Waals surface area contributed by atoms with E-state index >= 15 is 0 Å². The zero-order chi connectivity index (χ0) is 17.3. The number of carbonyl (C=O) groups excluding carboxylic acids is 1. The molecule has 128 valence electrons. The molecule has 1 aromatic carbocycles. The predicted octanol–water partition coefficient (Wildman–Crippen LogP) is 3.82. The molecule has 8 heteroatoms. The first-order valence-electron chi connectivity index (χ1n) is 7.52. The Kier molecular flexibility index (Phi) is 4.21. The van der Waals surface area contributed by atoms with Crippen LogP contribution < -0.4 is 10.1 Å². The number of carbonyl (C=O) groups is 1. The summed E-state index contributed by atoms with van der Waals surface area (Å²) in [6.45, 7) is 0. The summed E-state index contributed by atoms with van der Waals surface area (Å²) in [5.74, 6) is 0.523. The van der Waals surface area contributed by atoms with Gasteiger partial charge in [0.25, 0.3) is 0 Å². The van der Waals surface area contributed by atoms with Gasteiger partial charge in [-0.1, -0.05) is 6.42 Å². The largest absolute Gasteiger partial charge is 0.573 e. The van der Waals surface area contributed by atoms with E-state index in [4.69, 9.17) is 0 Å². The highest BCUT2D eigenvalue weighted by atomic mass is 19.4. The fourth-order valence-corrected chi connectivity index (χ4v) is 2.94. The van der Waals surface area contributed by atoms with Gasteiger partial charge in [-0.3, -0.25) is 9.48 Å². The molecule has 3 rings (SSSR count). The van der Waals surface area contributed by atoms with Crippen molar-refractivity contribution in [2.45, 2.75) is 31.5 Å². The van der Waals surface area contributed by atoms with Crippen molar-refractivity contribution in [1.29, 1.82) is 0 Å². The standard InChI is InChI=1S/C16H16F3N3O2/c1-22-14(11-5-7-12(8-6-11)24-16(17,18)19)13(10-3-2-4-10)15(21-22)20-9-23/h5-10H,2-4H2,1H3,(H,20,21,23). The van der Waals surface area contributed by atoms with E-state index in [0.29, 0.717) is 18.1 Å². The van der Waals surface area contributed by atoms with E-state index in [9.17, 15) is 18.0 Å². The van der Waals surface area contributed by atoms with Gasteiger partial charge < -0.3 is 10.1 Å².